The fourth-order valence-electron chi connectivity index (χ4n) is 1.21. The molecule has 6 heteroatoms. The van der Waals surface area contributed by atoms with Crippen LogP contribution in [0.1, 0.15) is 33.6 Å². The van der Waals surface area contributed by atoms with E-state index in [1.54, 1.807) is 13.8 Å². The maximum Gasteiger partial charge on any atom is 0.314 e. The van der Waals surface area contributed by atoms with Gasteiger partial charge >= 0.3 is 12.0 Å². The zero-order chi connectivity index (χ0) is 14.0. The summed E-state index contributed by atoms with van der Waals surface area (Å²) in [6.45, 7) is 7.23. The van der Waals surface area contributed by atoms with Crippen LogP contribution in [0.25, 0.3) is 0 Å². The summed E-state index contributed by atoms with van der Waals surface area (Å²) in [5.41, 5.74) is -0.914. The van der Waals surface area contributed by atoms with Crippen LogP contribution in [0.15, 0.2) is 0 Å². The molecule has 0 saturated heterocycles. The van der Waals surface area contributed by atoms with Gasteiger partial charge in [0.1, 0.15) is 0 Å². The Bertz CT molecular complexity index is 271. The van der Waals surface area contributed by atoms with Gasteiger partial charge in [0, 0.05) is 26.3 Å². The lowest BCUT2D eigenvalue weighted by Gasteiger charge is -2.23. The third-order valence-electron chi connectivity index (χ3n) is 2.89. The molecule has 1 atom stereocenters. The summed E-state index contributed by atoms with van der Waals surface area (Å²) in [5.74, 6) is -0.901. The average Bonchev–Trinajstić information content (AvgIpc) is 2.35. The van der Waals surface area contributed by atoms with Gasteiger partial charge in [-0.05, 0) is 26.7 Å². The van der Waals surface area contributed by atoms with Crippen molar-refractivity contribution in [3.8, 4) is 0 Å². The van der Waals surface area contributed by atoms with Gasteiger partial charge in [-0.3, -0.25) is 4.79 Å². The molecular weight excluding hydrogens is 236 g/mol. The Morgan fingerprint density at radius 3 is 2.44 bits per heavy atom. The van der Waals surface area contributed by atoms with Gasteiger partial charge in [-0.2, -0.15) is 0 Å². The molecule has 0 fully saturated rings. The molecule has 106 valence electrons. The summed E-state index contributed by atoms with van der Waals surface area (Å²) in [6.07, 6.45) is 1.21. The van der Waals surface area contributed by atoms with Crippen LogP contribution in [-0.4, -0.2) is 43.4 Å². The fraction of sp³-hybridized carbons (Fsp3) is 0.833. The molecule has 0 aromatic heterocycles. The van der Waals surface area contributed by atoms with Crippen LogP contribution >= 0.6 is 0 Å². The van der Waals surface area contributed by atoms with Crippen LogP contribution in [0.2, 0.25) is 0 Å². The SMILES string of the molecule is CCOCCCNC(=O)NCC(C)(CC)C(=O)O. The Hall–Kier alpha value is -1.30. The van der Waals surface area contributed by atoms with E-state index in [1.165, 1.54) is 0 Å². The minimum atomic E-state index is -0.914. The van der Waals surface area contributed by atoms with Crippen molar-refractivity contribution < 1.29 is 19.4 Å². The van der Waals surface area contributed by atoms with Crippen molar-refractivity contribution in [1.29, 1.82) is 0 Å². The van der Waals surface area contributed by atoms with Crippen molar-refractivity contribution in [1.82, 2.24) is 10.6 Å². The number of amides is 2. The number of ether oxygens (including phenoxy) is 1. The van der Waals surface area contributed by atoms with E-state index in [2.05, 4.69) is 10.6 Å². The maximum atomic E-state index is 11.4. The van der Waals surface area contributed by atoms with Gasteiger partial charge in [-0.15, -0.1) is 0 Å². The number of urea groups is 1. The van der Waals surface area contributed by atoms with Crippen LogP contribution in [0, 0.1) is 5.41 Å². The van der Waals surface area contributed by atoms with Crippen molar-refractivity contribution in [2.75, 3.05) is 26.3 Å². The monoisotopic (exact) mass is 260 g/mol. The lowest BCUT2D eigenvalue weighted by atomic mass is 9.88. The number of rotatable bonds is 9. The van der Waals surface area contributed by atoms with E-state index in [-0.39, 0.29) is 12.6 Å². The molecule has 0 bridgehead atoms. The Kier molecular flexibility index (Phi) is 8.11. The molecule has 2 amide bonds. The lowest BCUT2D eigenvalue weighted by molar-refractivity contribution is -0.147. The number of hydrogen-bond donors (Lipinski definition) is 3. The van der Waals surface area contributed by atoms with Crippen molar-refractivity contribution in [2.45, 2.75) is 33.6 Å². The van der Waals surface area contributed by atoms with Gasteiger partial charge in [0.25, 0.3) is 0 Å². The van der Waals surface area contributed by atoms with Crippen molar-refractivity contribution in [2.24, 2.45) is 5.41 Å². The normalized spacial score (nSPS) is 13.7. The van der Waals surface area contributed by atoms with Crippen molar-refractivity contribution in [3.63, 3.8) is 0 Å². The first-order valence-electron chi connectivity index (χ1n) is 6.29. The molecule has 0 radical (unpaired) electrons. The first-order valence-corrected chi connectivity index (χ1v) is 6.29. The quantitative estimate of drug-likeness (QED) is 0.544. The van der Waals surface area contributed by atoms with Gasteiger partial charge in [0.2, 0.25) is 0 Å². The van der Waals surface area contributed by atoms with E-state index in [9.17, 15) is 9.59 Å². The van der Waals surface area contributed by atoms with E-state index < -0.39 is 11.4 Å². The highest BCUT2D eigenvalue weighted by Gasteiger charge is 2.31. The molecule has 0 aromatic rings. The molecule has 0 aliphatic heterocycles. The molecule has 3 N–H and O–H groups in total. The highest BCUT2D eigenvalue weighted by atomic mass is 16.5. The summed E-state index contributed by atoms with van der Waals surface area (Å²) in [4.78, 5) is 22.4. The average molecular weight is 260 g/mol. The van der Waals surface area contributed by atoms with Gasteiger partial charge in [-0.1, -0.05) is 6.92 Å². The van der Waals surface area contributed by atoms with Crippen LogP contribution in [0.3, 0.4) is 0 Å². The molecule has 6 nitrogen and oxygen atoms in total. The van der Waals surface area contributed by atoms with Crippen LogP contribution < -0.4 is 10.6 Å². The molecule has 0 saturated carbocycles. The molecule has 0 aliphatic rings. The molecular formula is C12H24N2O4. The van der Waals surface area contributed by atoms with Crippen LogP contribution in [-0.2, 0) is 9.53 Å². The smallest absolute Gasteiger partial charge is 0.314 e. The number of hydrogen-bond acceptors (Lipinski definition) is 3. The van der Waals surface area contributed by atoms with Crippen molar-refractivity contribution in [3.05, 3.63) is 0 Å². The fourth-order valence-corrected chi connectivity index (χ4v) is 1.21. The Balaban J connectivity index is 3.79. The Labute approximate surface area is 108 Å². The van der Waals surface area contributed by atoms with Gasteiger partial charge in [0.15, 0.2) is 0 Å². The summed E-state index contributed by atoms with van der Waals surface area (Å²) >= 11 is 0. The van der Waals surface area contributed by atoms with E-state index >= 15 is 0 Å². The first-order chi connectivity index (χ1) is 8.46. The second-order valence-electron chi connectivity index (χ2n) is 4.38. The second-order valence-corrected chi connectivity index (χ2v) is 4.38. The van der Waals surface area contributed by atoms with E-state index in [1.807, 2.05) is 6.92 Å². The molecule has 0 spiro atoms. The zero-order valence-electron chi connectivity index (χ0n) is 11.4. The van der Waals surface area contributed by atoms with Crippen LogP contribution in [0.5, 0.6) is 0 Å². The first kappa shape index (κ1) is 16.7. The van der Waals surface area contributed by atoms with Gasteiger partial charge in [0.05, 0.1) is 5.41 Å². The number of carbonyl (C=O) groups is 2. The maximum absolute atomic E-state index is 11.4. The number of aliphatic carboxylic acids is 1. The number of nitrogens with one attached hydrogen (secondary N) is 2. The van der Waals surface area contributed by atoms with Gasteiger partial charge in [-0.25, -0.2) is 4.79 Å². The summed E-state index contributed by atoms with van der Waals surface area (Å²) in [6, 6.07) is -0.340. The van der Waals surface area contributed by atoms with E-state index in [4.69, 9.17) is 9.84 Å². The van der Waals surface area contributed by atoms with Crippen molar-refractivity contribution >= 4 is 12.0 Å². The summed E-state index contributed by atoms with van der Waals surface area (Å²) in [7, 11) is 0. The minimum Gasteiger partial charge on any atom is -0.481 e. The number of carboxylic acids is 1. The highest BCUT2D eigenvalue weighted by Crippen LogP contribution is 2.19. The predicted molar refractivity (Wildman–Crippen MR) is 68.5 cm³/mol. The second kappa shape index (κ2) is 8.74. The van der Waals surface area contributed by atoms with Crippen LogP contribution in [0.4, 0.5) is 4.79 Å². The Morgan fingerprint density at radius 1 is 1.28 bits per heavy atom. The minimum absolute atomic E-state index is 0.121. The number of carboxylic acid groups (broad SMARTS) is 1. The Morgan fingerprint density at radius 2 is 1.94 bits per heavy atom. The third kappa shape index (κ3) is 6.44. The van der Waals surface area contributed by atoms with E-state index in [0.717, 1.165) is 6.42 Å². The topological polar surface area (TPSA) is 87.7 Å². The molecule has 0 aliphatic carbocycles. The van der Waals surface area contributed by atoms with E-state index in [0.29, 0.717) is 26.2 Å². The molecule has 18 heavy (non-hydrogen) atoms. The lowest BCUT2D eigenvalue weighted by Crippen LogP contribution is -2.44. The molecule has 0 aromatic carbocycles. The largest absolute Gasteiger partial charge is 0.481 e. The number of carbonyl (C=O) groups excluding carboxylic acids is 1. The third-order valence-corrected chi connectivity index (χ3v) is 2.89. The summed E-state index contributed by atoms with van der Waals surface area (Å²) in [5, 5.41) is 14.3. The molecule has 0 rings (SSSR count). The van der Waals surface area contributed by atoms with Gasteiger partial charge < -0.3 is 20.5 Å². The molecule has 1 unspecified atom stereocenters. The predicted octanol–water partition coefficient (Wildman–Crippen LogP) is 1.21. The highest BCUT2D eigenvalue weighted by molar-refractivity contribution is 5.77. The zero-order valence-corrected chi connectivity index (χ0v) is 11.4. The standard InChI is InChI=1S/C12H24N2O4/c1-4-12(3,10(15)16)9-14-11(17)13-7-6-8-18-5-2/h4-9H2,1-3H3,(H,15,16)(H2,13,14,17). The summed E-state index contributed by atoms with van der Waals surface area (Å²) < 4.78 is 5.13. The molecule has 0 heterocycles.